The topological polar surface area (TPSA) is 73.0 Å². The van der Waals surface area contributed by atoms with Crippen LogP contribution in [0.2, 0.25) is 0 Å². The number of nitriles is 1. The highest BCUT2D eigenvalue weighted by atomic mass is 32.2. The fourth-order valence-corrected chi connectivity index (χ4v) is 2.52. The molecule has 1 aliphatic rings. The molecule has 2 rings (SSSR count). The number of thioether (sulfide) groups is 1. The van der Waals surface area contributed by atoms with Crippen LogP contribution in [0, 0.1) is 17.2 Å². The molecular weight excluding hydrogens is 248 g/mol. The van der Waals surface area contributed by atoms with Crippen molar-refractivity contribution >= 4 is 17.6 Å². The summed E-state index contributed by atoms with van der Waals surface area (Å²) in [7, 11) is 0. The Bertz CT molecular complexity index is 460. The summed E-state index contributed by atoms with van der Waals surface area (Å²) in [6.07, 6.45) is 5.55. The Labute approximate surface area is 111 Å². The first-order valence-electron chi connectivity index (χ1n) is 5.95. The number of anilines is 1. The van der Waals surface area contributed by atoms with Gasteiger partial charge in [0.25, 0.3) is 0 Å². The number of hydrogen-bond acceptors (Lipinski definition) is 6. The quantitative estimate of drug-likeness (QED) is 0.655. The van der Waals surface area contributed by atoms with Gasteiger partial charge in [-0.05, 0) is 25.0 Å². The molecule has 0 radical (unpaired) electrons. The van der Waals surface area contributed by atoms with Crippen LogP contribution in [0.15, 0.2) is 11.4 Å². The van der Waals surface area contributed by atoms with Crippen LogP contribution in [0.3, 0.4) is 0 Å². The fraction of sp³-hybridized carbons (Fsp3) is 0.583. The van der Waals surface area contributed by atoms with Crippen molar-refractivity contribution in [1.82, 2.24) is 9.97 Å². The van der Waals surface area contributed by atoms with Gasteiger partial charge >= 0.3 is 0 Å². The lowest BCUT2D eigenvalue weighted by Gasteiger charge is -2.33. The summed E-state index contributed by atoms with van der Waals surface area (Å²) in [5, 5.41) is 19.1. The Morgan fingerprint density at radius 1 is 1.67 bits per heavy atom. The van der Waals surface area contributed by atoms with E-state index in [2.05, 4.69) is 20.9 Å². The van der Waals surface area contributed by atoms with Gasteiger partial charge in [0, 0.05) is 19.7 Å². The van der Waals surface area contributed by atoms with E-state index in [1.165, 1.54) is 11.8 Å². The third kappa shape index (κ3) is 2.74. The molecule has 1 aliphatic heterocycles. The van der Waals surface area contributed by atoms with Gasteiger partial charge in [-0.25, -0.2) is 9.97 Å². The molecule has 0 bridgehead atoms. The molecule has 0 aliphatic carbocycles. The van der Waals surface area contributed by atoms with Crippen molar-refractivity contribution in [2.45, 2.75) is 18.0 Å². The maximum absolute atomic E-state index is 9.25. The van der Waals surface area contributed by atoms with Gasteiger partial charge in [-0.2, -0.15) is 5.26 Å². The van der Waals surface area contributed by atoms with E-state index in [-0.39, 0.29) is 12.5 Å². The molecule has 6 heteroatoms. The van der Waals surface area contributed by atoms with Crippen LogP contribution in [0.25, 0.3) is 0 Å². The zero-order valence-electron chi connectivity index (χ0n) is 10.3. The lowest BCUT2D eigenvalue weighted by atomic mass is 9.99. The van der Waals surface area contributed by atoms with E-state index in [0.29, 0.717) is 16.5 Å². The number of rotatable bonds is 3. The molecule has 0 saturated carbocycles. The largest absolute Gasteiger partial charge is 0.396 e. The number of aliphatic hydroxyl groups is 1. The van der Waals surface area contributed by atoms with Crippen molar-refractivity contribution in [3.63, 3.8) is 0 Å². The summed E-state index contributed by atoms with van der Waals surface area (Å²) in [6, 6.07) is 2.14. The molecule has 0 spiro atoms. The molecule has 1 unspecified atom stereocenters. The van der Waals surface area contributed by atoms with E-state index in [1.807, 2.05) is 6.26 Å². The molecule has 1 aromatic heterocycles. The van der Waals surface area contributed by atoms with Crippen molar-refractivity contribution in [3.05, 3.63) is 11.8 Å². The maximum atomic E-state index is 9.25. The zero-order valence-corrected chi connectivity index (χ0v) is 11.2. The minimum absolute atomic E-state index is 0.193. The number of aromatic nitrogens is 2. The predicted octanol–water partition coefficient (Wildman–Crippen LogP) is 1.28. The highest BCUT2D eigenvalue weighted by molar-refractivity contribution is 7.98. The smallest absolute Gasteiger partial charge is 0.189 e. The molecule has 18 heavy (non-hydrogen) atoms. The van der Waals surface area contributed by atoms with Crippen LogP contribution in [0.4, 0.5) is 5.82 Å². The molecule has 96 valence electrons. The third-order valence-electron chi connectivity index (χ3n) is 3.13. The first-order valence-corrected chi connectivity index (χ1v) is 7.18. The molecular formula is C12H16N4OS. The second-order valence-electron chi connectivity index (χ2n) is 4.34. The van der Waals surface area contributed by atoms with E-state index in [0.717, 1.165) is 25.9 Å². The van der Waals surface area contributed by atoms with E-state index in [4.69, 9.17) is 5.26 Å². The molecule has 1 N–H and O–H groups in total. The maximum Gasteiger partial charge on any atom is 0.189 e. The van der Waals surface area contributed by atoms with Gasteiger partial charge in [0.1, 0.15) is 11.6 Å². The normalized spacial score (nSPS) is 19.6. The summed E-state index contributed by atoms with van der Waals surface area (Å²) in [5.41, 5.74) is 0.506. The molecule has 0 aromatic carbocycles. The number of hydrogen-bond donors (Lipinski definition) is 1. The van der Waals surface area contributed by atoms with E-state index >= 15 is 0 Å². The summed E-state index contributed by atoms with van der Waals surface area (Å²) in [6.45, 7) is 1.84. The van der Waals surface area contributed by atoms with Crippen molar-refractivity contribution in [2.75, 3.05) is 30.9 Å². The second-order valence-corrected chi connectivity index (χ2v) is 5.12. The lowest BCUT2D eigenvalue weighted by Crippen LogP contribution is -2.37. The Kier molecular flexibility index (Phi) is 4.39. The van der Waals surface area contributed by atoms with Crippen LogP contribution >= 0.6 is 11.8 Å². The van der Waals surface area contributed by atoms with Crippen molar-refractivity contribution in [1.29, 1.82) is 5.26 Å². The Morgan fingerprint density at radius 3 is 3.17 bits per heavy atom. The van der Waals surface area contributed by atoms with Gasteiger partial charge < -0.3 is 10.0 Å². The van der Waals surface area contributed by atoms with Gasteiger partial charge in [0.05, 0.1) is 6.20 Å². The second kappa shape index (κ2) is 6.03. The fourth-order valence-electron chi connectivity index (χ4n) is 2.18. The molecule has 0 amide bonds. The zero-order chi connectivity index (χ0) is 13.0. The summed E-state index contributed by atoms with van der Waals surface area (Å²) < 4.78 is 0. The Hall–Kier alpha value is -1.32. The standard InChI is InChI=1S/C12H16N4OS/c1-18-12-14-6-10(5-13)11(15-12)16-4-2-3-9(7-16)8-17/h6,9,17H,2-4,7-8H2,1H3. The molecule has 2 heterocycles. The number of nitrogens with zero attached hydrogens (tertiary/aromatic N) is 4. The van der Waals surface area contributed by atoms with Gasteiger partial charge in [-0.3, -0.25) is 0 Å². The van der Waals surface area contributed by atoms with Crippen molar-refractivity contribution in [3.8, 4) is 6.07 Å². The Balaban J connectivity index is 2.28. The van der Waals surface area contributed by atoms with Crippen LogP contribution in [0.5, 0.6) is 0 Å². The summed E-state index contributed by atoms with van der Waals surface area (Å²) >= 11 is 1.47. The van der Waals surface area contributed by atoms with Crippen molar-refractivity contribution < 1.29 is 5.11 Å². The molecule has 1 saturated heterocycles. The number of aliphatic hydroxyl groups excluding tert-OH is 1. The summed E-state index contributed by atoms with van der Waals surface area (Å²) in [4.78, 5) is 10.6. The van der Waals surface area contributed by atoms with E-state index in [1.54, 1.807) is 6.20 Å². The first-order chi connectivity index (χ1) is 8.78. The lowest BCUT2D eigenvalue weighted by molar-refractivity contribution is 0.208. The van der Waals surface area contributed by atoms with Gasteiger partial charge in [-0.1, -0.05) is 11.8 Å². The highest BCUT2D eigenvalue weighted by Crippen LogP contribution is 2.25. The van der Waals surface area contributed by atoms with Gasteiger partial charge in [-0.15, -0.1) is 0 Å². The minimum Gasteiger partial charge on any atom is -0.396 e. The molecule has 1 atom stereocenters. The van der Waals surface area contributed by atoms with Crippen LogP contribution < -0.4 is 4.90 Å². The van der Waals surface area contributed by atoms with Crippen LogP contribution in [-0.2, 0) is 0 Å². The Morgan fingerprint density at radius 2 is 2.50 bits per heavy atom. The average Bonchev–Trinajstić information content (AvgIpc) is 2.46. The SMILES string of the molecule is CSc1ncc(C#N)c(N2CCCC(CO)C2)n1. The molecule has 5 nitrogen and oxygen atoms in total. The summed E-state index contributed by atoms with van der Waals surface area (Å²) in [5.74, 6) is 0.980. The first kappa shape index (κ1) is 13.1. The molecule has 1 fully saturated rings. The number of piperidine rings is 1. The van der Waals surface area contributed by atoms with Crippen LogP contribution in [-0.4, -0.2) is 41.0 Å². The van der Waals surface area contributed by atoms with E-state index in [9.17, 15) is 5.11 Å². The predicted molar refractivity (Wildman–Crippen MR) is 70.6 cm³/mol. The van der Waals surface area contributed by atoms with Crippen LogP contribution in [0.1, 0.15) is 18.4 Å². The highest BCUT2D eigenvalue weighted by Gasteiger charge is 2.22. The van der Waals surface area contributed by atoms with Gasteiger partial charge in [0.2, 0.25) is 0 Å². The average molecular weight is 264 g/mol. The van der Waals surface area contributed by atoms with E-state index < -0.39 is 0 Å². The van der Waals surface area contributed by atoms with Gasteiger partial charge in [0.15, 0.2) is 11.0 Å². The molecule has 1 aromatic rings. The monoisotopic (exact) mass is 264 g/mol. The minimum atomic E-state index is 0.193. The third-order valence-corrected chi connectivity index (χ3v) is 3.69. The van der Waals surface area contributed by atoms with Crippen molar-refractivity contribution in [2.24, 2.45) is 5.92 Å².